The highest BCUT2D eigenvalue weighted by Gasteiger charge is 2.38. The zero-order chi connectivity index (χ0) is 33.1. The van der Waals surface area contributed by atoms with Crippen molar-refractivity contribution in [1.29, 1.82) is 0 Å². The van der Waals surface area contributed by atoms with Crippen LogP contribution in [0.4, 0.5) is 0 Å². The summed E-state index contributed by atoms with van der Waals surface area (Å²) in [5, 5.41) is 10.2. The number of carboxylic acids is 1. The van der Waals surface area contributed by atoms with E-state index in [1.807, 2.05) is 48.7 Å². The molecule has 0 fully saturated rings. The number of rotatable bonds is 13. The van der Waals surface area contributed by atoms with E-state index in [9.17, 15) is 13.2 Å². The van der Waals surface area contributed by atoms with Crippen LogP contribution in [0.3, 0.4) is 0 Å². The van der Waals surface area contributed by atoms with Gasteiger partial charge in [0.2, 0.25) is 10.0 Å². The van der Waals surface area contributed by atoms with E-state index in [1.165, 1.54) is 0 Å². The lowest BCUT2D eigenvalue weighted by Gasteiger charge is -2.36. The molecule has 1 atom stereocenters. The number of aromatic nitrogens is 1. The molecule has 0 saturated carbocycles. The summed E-state index contributed by atoms with van der Waals surface area (Å²) in [6, 6.07) is 20.1. The lowest BCUT2D eigenvalue weighted by atomic mass is 10.0. The van der Waals surface area contributed by atoms with E-state index in [4.69, 9.17) is 14.3 Å². The highest BCUT2D eigenvalue weighted by atomic mass is 32.2. The first-order valence-electron chi connectivity index (χ1n) is 15.7. The van der Waals surface area contributed by atoms with Crippen molar-refractivity contribution in [1.82, 2.24) is 9.29 Å². The topological polar surface area (TPSA) is 109 Å². The summed E-state index contributed by atoms with van der Waals surface area (Å²) in [6.45, 7) is 12.2. The first-order chi connectivity index (χ1) is 21.8. The third-order valence-corrected chi connectivity index (χ3v) is 15.8. The normalized spacial score (nSPS) is 15.6. The van der Waals surface area contributed by atoms with Gasteiger partial charge in [0.25, 0.3) is 0 Å². The van der Waals surface area contributed by atoms with Gasteiger partial charge in [-0.05, 0) is 96.1 Å². The van der Waals surface area contributed by atoms with E-state index < -0.39 is 24.3 Å². The maximum Gasteiger partial charge on any atom is 0.328 e. The molecule has 0 saturated heterocycles. The van der Waals surface area contributed by atoms with Crippen LogP contribution in [-0.2, 0) is 32.1 Å². The van der Waals surface area contributed by atoms with Gasteiger partial charge in [-0.15, -0.1) is 0 Å². The predicted molar refractivity (Wildman–Crippen MR) is 185 cm³/mol. The van der Waals surface area contributed by atoms with Crippen LogP contribution in [0.1, 0.15) is 55.5 Å². The van der Waals surface area contributed by atoms with Crippen LogP contribution in [-0.4, -0.2) is 56.9 Å². The fourth-order valence-corrected chi connectivity index (χ4v) is 8.38. The summed E-state index contributed by atoms with van der Waals surface area (Å²) in [6.07, 6.45) is 6.52. The molecule has 4 aromatic rings. The number of hydrogen-bond acceptors (Lipinski definition) is 5. The van der Waals surface area contributed by atoms with E-state index in [-0.39, 0.29) is 16.0 Å². The number of aromatic amines is 1. The van der Waals surface area contributed by atoms with Gasteiger partial charge in [0.05, 0.1) is 17.5 Å². The molecule has 1 heterocycles. The quantitative estimate of drug-likeness (QED) is 0.0869. The molecule has 2 N–H and O–H groups in total. The van der Waals surface area contributed by atoms with E-state index in [0.717, 1.165) is 39.2 Å². The predicted octanol–water partition coefficient (Wildman–Crippen LogP) is 7.59. The van der Waals surface area contributed by atoms with Crippen molar-refractivity contribution in [2.75, 3.05) is 19.8 Å². The van der Waals surface area contributed by atoms with Crippen molar-refractivity contribution in [2.45, 2.75) is 69.1 Å². The standard InChI is InChI=1S/C36H44N2O6SSi/c1-36(2,3)46(4,5)44-23-22-43-29-13-15-30(16-14-29)45(41,42)38(21-20-28-25-37-33-9-7-6-8-31(28)33)34-18-12-27-24-26(10-17-32(27)34)11-19-35(39)40/h6-11,13-17,19,24-25,34,37H,12,18,20-23H2,1-5H3,(H,39,40)/b19-11+. The molecular formula is C36H44N2O6SSi. The number of ether oxygens (including phenoxy) is 1. The Morgan fingerprint density at radius 1 is 1.07 bits per heavy atom. The van der Waals surface area contributed by atoms with Gasteiger partial charge in [0.1, 0.15) is 12.4 Å². The highest BCUT2D eigenvalue weighted by molar-refractivity contribution is 7.89. The molecule has 0 amide bonds. The number of para-hydroxylation sites is 1. The molecule has 0 spiro atoms. The second-order valence-corrected chi connectivity index (χ2v) is 20.0. The number of aliphatic carboxylic acids is 1. The Labute approximate surface area is 273 Å². The SMILES string of the molecule is CC(C)(C)[Si](C)(C)OCCOc1ccc(S(=O)(=O)N(CCc2c[nH]c3ccccc23)C2CCc3cc(/C=C/C(=O)O)ccc32)cc1. The maximum absolute atomic E-state index is 14.4. The van der Waals surface area contributed by atoms with Gasteiger partial charge in [-0.1, -0.05) is 57.2 Å². The minimum atomic E-state index is -3.89. The first-order valence-corrected chi connectivity index (χ1v) is 20.1. The van der Waals surface area contributed by atoms with Crippen LogP contribution in [0.25, 0.3) is 17.0 Å². The molecule has 244 valence electrons. The summed E-state index contributed by atoms with van der Waals surface area (Å²) >= 11 is 0. The lowest BCUT2D eigenvalue weighted by Crippen LogP contribution is -2.41. The van der Waals surface area contributed by atoms with Crippen LogP contribution in [0.2, 0.25) is 18.1 Å². The molecule has 8 nitrogen and oxygen atoms in total. The van der Waals surface area contributed by atoms with Gasteiger partial charge in [-0.25, -0.2) is 13.2 Å². The van der Waals surface area contributed by atoms with Gasteiger partial charge >= 0.3 is 5.97 Å². The molecule has 1 unspecified atom stereocenters. The summed E-state index contributed by atoms with van der Waals surface area (Å²) < 4.78 is 42.5. The number of H-pyrrole nitrogens is 1. The fourth-order valence-electron chi connectivity index (χ4n) is 5.71. The Morgan fingerprint density at radius 3 is 2.52 bits per heavy atom. The number of carbonyl (C=O) groups is 1. The molecule has 0 aliphatic heterocycles. The third-order valence-electron chi connectivity index (χ3n) is 9.31. The number of nitrogens with zero attached hydrogens (tertiary/aromatic N) is 1. The van der Waals surface area contributed by atoms with Crippen LogP contribution < -0.4 is 4.74 Å². The largest absolute Gasteiger partial charge is 0.491 e. The second-order valence-electron chi connectivity index (χ2n) is 13.3. The molecule has 0 bridgehead atoms. The summed E-state index contributed by atoms with van der Waals surface area (Å²) in [4.78, 5) is 14.5. The van der Waals surface area contributed by atoms with Gasteiger partial charge in [-0.3, -0.25) is 0 Å². The fraction of sp³-hybridized carbons (Fsp3) is 0.361. The second kappa shape index (κ2) is 13.6. The number of carboxylic acid groups (broad SMARTS) is 1. The molecule has 46 heavy (non-hydrogen) atoms. The van der Waals surface area contributed by atoms with Crippen molar-refractivity contribution in [2.24, 2.45) is 0 Å². The molecule has 5 rings (SSSR count). The van der Waals surface area contributed by atoms with Gasteiger partial charge in [0.15, 0.2) is 8.32 Å². The Hall–Kier alpha value is -3.70. The molecule has 1 aliphatic rings. The van der Waals surface area contributed by atoms with Gasteiger partial charge in [-0.2, -0.15) is 4.31 Å². The van der Waals surface area contributed by atoms with Crippen molar-refractivity contribution in [3.63, 3.8) is 0 Å². The van der Waals surface area contributed by atoms with Crippen molar-refractivity contribution >= 4 is 41.3 Å². The van der Waals surface area contributed by atoms with Gasteiger partial charge in [0, 0.05) is 29.7 Å². The molecule has 3 aromatic carbocycles. The lowest BCUT2D eigenvalue weighted by molar-refractivity contribution is -0.131. The Kier molecular flexibility index (Phi) is 9.93. The minimum absolute atomic E-state index is 0.114. The Morgan fingerprint density at radius 2 is 1.80 bits per heavy atom. The van der Waals surface area contributed by atoms with E-state index in [1.54, 1.807) is 34.6 Å². The van der Waals surface area contributed by atoms with Crippen molar-refractivity contribution < 1.29 is 27.5 Å². The maximum atomic E-state index is 14.4. The van der Waals surface area contributed by atoms with E-state index >= 15 is 0 Å². The van der Waals surface area contributed by atoms with Crippen LogP contribution in [0, 0.1) is 0 Å². The smallest absolute Gasteiger partial charge is 0.328 e. The van der Waals surface area contributed by atoms with Crippen LogP contribution >= 0.6 is 0 Å². The molecular weight excluding hydrogens is 617 g/mol. The van der Waals surface area contributed by atoms with Crippen molar-refractivity contribution in [3.05, 3.63) is 101 Å². The Bertz CT molecular complexity index is 1820. The van der Waals surface area contributed by atoms with Crippen molar-refractivity contribution in [3.8, 4) is 5.75 Å². The number of fused-ring (bicyclic) bond motifs is 2. The first kappa shape index (κ1) is 33.7. The van der Waals surface area contributed by atoms with E-state index in [2.05, 4.69) is 38.8 Å². The zero-order valence-corrected chi connectivity index (χ0v) is 29.1. The summed E-state index contributed by atoms with van der Waals surface area (Å²) in [5.41, 5.74) is 4.85. The van der Waals surface area contributed by atoms with Crippen LogP contribution in [0.15, 0.2) is 83.9 Å². The summed E-state index contributed by atoms with van der Waals surface area (Å²) in [5.74, 6) is -0.417. The minimum Gasteiger partial charge on any atom is -0.491 e. The molecule has 10 heteroatoms. The van der Waals surface area contributed by atoms with Gasteiger partial charge < -0.3 is 19.3 Å². The molecule has 0 radical (unpaired) electrons. The Balaban J connectivity index is 1.37. The zero-order valence-electron chi connectivity index (χ0n) is 27.2. The molecule has 1 aliphatic carbocycles. The number of sulfonamides is 1. The molecule has 1 aromatic heterocycles. The number of benzene rings is 3. The average Bonchev–Trinajstić information content (AvgIpc) is 3.62. The average molecular weight is 661 g/mol. The number of hydrogen-bond donors (Lipinski definition) is 2. The number of aryl methyl sites for hydroxylation is 1. The summed E-state index contributed by atoms with van der Waals surface area (Å²) in [7, 11) is -5.76. The monoisotopic (exact) mass is 660 g/mol. The van der Waals surface area contributed by atoms with E-state index in [0.29, 0.717) is 44.8 Å². The third kappa shape index (κ3) is 7.47. The van der Waals surface area contributed by atoms with Crippen LogP contribution in [0.5, 0.6) is 5.75 Å². The number of nitrogens with one attached hydrogen (secondary N) is 1. The highest BCUT2D eigenvalue weighted by Crippen LogP contribution is 2.40.